The molecule has 0 saturated heterocycles. The van der Waals surface area contributed by atoms with Gasteiger partial charge in [0.05, 0.1) is 17.2 Å². The van der Waals surface area contributed by atoms with Gasteiger partial charge in [-0.15, -0.1) is 11.3 Å². The quantitative estimate of drug-likeness (QED) is 0.837. The summed E-state index contributed by atoms with van der Waals surface area (Å²) < 4.78 is 1.70. The van der Waals surface area contributed by atoms with Crippen molar-refractivity contribution in [2.75, 3.05) is 0 Å². The zero-order chi connectivity index (χ0) is 12.4. The molecule has 2 aromatic rings. The van der Waals surface area contributed by atoms with Crippen LogP contribution in [0.25, 0.3) is 0 Å². The van der Waals surface area contributed by atoms with Crippen molar-refractivity contribution in [1.29, 1.82) is 0 Å². The number of rotatable bonds is 3. The average molecular weight is 248 g/mol. The molecule has 2 rings (SSSR count). The summed E-state index contributed by atoms with van der Waals surface area (Å²) in [5.41, 5.74) is 1.80. The third kappa shape index (κ3) is 2.64. The number of aromatic nitrogens is 2. The minimum absolute atomic E-state index is 0.0617. The molecule has 3 nitrogen and oxygen atoms in total. The number of hydrogen-bond donors (Lipinski definition) is 0. The fraction of sp³-hybridized carbons (Fsp3) is 0.385. The molecule has 0 radical (unpaired) electrons. The minimum atomic E-state index is 0.0617. The van der Waals surface area contributed by atoms with Gasteiger partial charge < -0.3 is 4.57 Å². The van der Waals surface area contributed by atoms with Crippen molar-refractivity contribution in [3.05, 3.63) is 50.3 Å². The van der Waals surface area contributed by atoms with Gasteiger partial charge in [0, 0.05) is 23.1 Å². The molecule has 0 spiro atoms. The van der Waals surface area contributed by atoms with E-state index in [-0.39, 0.29) is 5.56 Å². The maximum Gasteiger partial charge on any atom is 0.253 e. The average Bonchev–Trinajstić information content (AvgIpc) is 2.73. The third-order valence-electron chi connectivity index (χ3n) is 2.61. The molecule has 0 atom stereocenters. The Bertz CT molecular complexity index is 569. The molecule has 0 aliphatic carbocycles. The van der Waals surface area contributed by atoms with Crippen LogP contribution in [-0.2, 0) is 6.54 Å². The molecule has 0 unspecified atom stereocenters. The number of nitrogens with zero attached hydrogens (tertiary/aromatic N) is 2. The Balaban J connectivity index is 2.26. The molecule has 0 saturated carbocycles. The van der Waals surface area contributed by atoms with Crippen LogP contribution in [0.1, 0.15) is 36.0 Å². The van der Waals surface area contributed by atoms with E-state index in [0.717, 1.165) is 16.3 Å². The van der Waals surface area contributed by atoms with Gasteiger partial charge in [-0.2, -0.15) is 0 Å². The first-order valence-corrected chi connectivity index (χ1v) is 6.56. The van der Waals surface area contributed by atoms with E-state index in [1.54, 1.807) is 15.9 Å². The Morgan fingerprint density at radius 1 is 1.47 bits per heavy atom. The molecule has 0 amide bonds. The molecule has 90 valence electrons. The Morgan fingerprint density at radius 3 is 2.88 bits per heavy atom. The van der Waals surface area contributed by atoms with Gasteiger partial charge in [0.1, 0.15) is 0 Å². The Hall–Kier alpha value is -1.42. The molecule has 17 heavy (non-hydrogen) atoms. The lowest BCUT2D eigenvalue weighted by Gasteiger charge is -2.04. The van der Waals surface area contributed by atoms with Crippen LogP contribution in [0.2, 0.25) is 0 Å². The van der Waals surface area contributed by atoms with Crippen molar-refractivity contribution in [2.24, 2.45) is 0 Å². The lowest BCUT2D eigenvalue weighted by atomic mass is 10.2. The Kier molecular flexibility index (Phi) is 3.43. The summed E-state index contributed by atoms with van der Waals surface area (Å²) in [4.78, 5) is 16.4. The summed E-state index contributed by atoms with van der Waals surface area (Å²) in [6.45, 7) is 6.64. The molecule has 4 heteroatoms. The second kappa shape index (κ2) is 4.84. The van der Waals surface area contributed by atoms with Gasteiger partial charge in [0.2, 0.25) is 0 Å². The summed E-state index contributed by atoms with van der Waals surface area (Å²) in [6, 6.07) is 3.73. The summed E-state index contributed by atoms with van der Waals surface area (Å²) >= 11 is 1.66. The Labute approximate surface area is 105 Å². The van der Waals surface area contributed by atoms with Crippen molar-refractivity contribution < 1.29 is 0 Å². The van der Waals surface area contributed by atoms with Crippen LogP contribution >= 0.6 is 11.3 Å². The maximum atomic E-state index is 11.9. The van der Waals surface area contributed by atoms with Crippen LogP contribution in [0, 0.1) is 6.92 Å². The smallest absolute Gasteiger partial charge is 0.253 e. The molecular formula is C13H16N2OS. The largest absolute Gasteiger partial charge is 0.309 e. The summed E-state index contributed by atoms with van der Waals surface area (Å²) in [5, 5.41) is 3.16. The van der Waals surface area contributed by atoms with E-state index in [9.17, 15) is 4.79 Å². The van der Waals surface area contributed by atoms with Crippen molar-refractivity contribution in [2.45, 2.75) is 33.2 Å². The second-order valence-corrected chi connectivity index (χ2v) is 5.35. The second-order valence-electron chi connectivity index (χ2n) is 4.46. The van der Waals surface area contributed by atoms with Gasteiger partial charge in [-0.25, -0.2) is 4.98 Å². The van der Waals surface area contributed by atoms with E-state index < -0.39 is 0 Å². The van der Waals surface area contributed by atoms with E-state index >= 15 is 0 Å². The number of hydrogen-bond acceptors (Lipinski definition) is 3. The van der Waals surface area contributed by atoms with Crippen molar-refractivity contribution in [3.8, 4) is 0 Å². The van der Waals surface area contributed by atoms with E-state index in [1.807, 2.05) is 30.6 Å². The van der Waals surface area contributed by atoms with Gasteiger partial charge in [-0.05, 0) is 13.0 Å². The normalized spacial score (nSPS) is 11.1. The lowest BCUT2D eigenvalue weighted by Crippen LogP contribution is -2.21. The van der Waals surface area contributed by atoms with Crippen LogP contribution in [0.4, 0.5) is 0 Å². The molecule has 2 heterocycles. The zero-order valence-corrected chi connectivity index (χ0v) is 11.1. The van der Waals surface area contributed by atoms with Gasteiger partial charge >= 0.3 is 0 Å². The molecule has 0 aliphatic rings. The standard InChI is InChI=1S/C13H16N2OS/c1-9(2)12-14-11(8-17-12)7-15-6-4-5-10(3)13(15)16/h4-6,8-9H,7H2,1-3H3. The van der Waals surface area contributed by atoms with E-state index in [2.05, 4.69) is 18.8 Å². The van der Waals surface area contributed by atoms with Crippen LogP contribution in [0.15, 0.2) is 28.5 Å². The highest BCUT2D eigenvalue weighted by Crippen LogP contribution is 2.19. The highest BCUT2D eigenvalue weighted by Gasteiger charge is 2.07. The van der Waals surface area contributed by atoms with Crippen molar-refractivity contribution in [3.63, 3.8) is 0 Å². The van der Waals surface area contributed by atoms with E-state index in [1.165, 1.54) is 0 Å². The van der Waals surface area contributed by atoms with Crippen LogP contribution in [-0.4, -0.2) is 9.55 Å². The molecule has 0 aromatic carbocycles. The van der Waals surface area contributed by atoms with Gasteiger partial charge in [0.25, 0.3) is 5.56 Å². The Morgan fingerprint density at radius 2 is 2.24 bits per heavy atom. The van der Waals surface area contributed by atoms with E-state index in [4.69, 9.17) is 0 Å². The van der Waals surface area contributed by atoms with Crippen molar-refractivity contribution in [1.82, 2.24) is 9.55 Å². The van der Waals surface area contributed by atoms with E-state index in [0.29, 0.717) is 12.5 Å². The highest BCUT2D eigenvalue weighted by molar-refractivity contribution is 7.09. The van der Waals surface area contributed by atoms with Crippen LogP contribution in [0.5, 0.6) is 0 Å². The number of aryl methyl sites for hydroxylation is 1. The topological polar surface area (TPSA) is 34.9 Å². The molecule has 0 N–H and O–H groups in total. The third-order valence-corrected chi connectivity index (χ3v) is 3.80. The summed E-state index contributed by atoms with van der Waals surface area (Å²) in [6.07, 6.45) is 1.81. The predicted octanol–water partition coefficient (Wildman–Crippen LogP) is 2.78. The predicted molar refractivity (Wildman–Crippen MR) is 70.7 cm³/mol. The number of pyridine rings is 1. The highest BCUT2D eigenvalue weighted by atomic mass is 32.1. The molecule has 0 aliphatic heterocycles. The molecular weight excluding hydrogens is 232 g/mol. The summed E-state index contributed by atoms with van der Waals surface area (Å²) in [5.74, 6) is 0.447. The molecule has 0 bridgehead atoms. The maximum absolute atomic E-state index is 11.9. The van der Waals surface area contributed by atoms with Gasteiger partial charge in [-0.3, -0.25) is 4.79 Å². The lowest BCUT2D eigenvalue weighted by molar-refractivity contribution is 0.728. The fourth-order valence-corrected chi connectivity index (χ4v) is 2.44. The number of thiazole rings is 1. The zero-order valence-electron chi connectivity index (χ0n) is 10.3. The van der Waals surface area contributed by atoms with Gasteiger partial charge in [0.15, 0.2) is 0 Å². The minimum Gasteiger partial charge on any atom is -0.309 e. The van der Waals surface area contributed by atoms with Crippen LogP contribution in [0.3, 0.4) is 0 Å². The van der Waals surface area contributed by atoms with Gasteiger partial charge in [-0.1, -0.05) is 19.9 Å². The summed E-state index contributed by atoms with van der Waals surface area (Å²) in [7, 11) is 0. The first-order valence-electron chi connectivity index (χ1n) is 5.68. The van der Waals surface area contributed by atoms with Crippen molar-refractivity contribution >= 4 is 11.3 Å². The molecule has 2 aromatic heterocycles. The molecule has 0 fully saturated rings. The SMILES string of the molecule is Cc1cccn(Cc2csc(C(C)C)n2)c1=O. The fourth-order valence-electron chi connectivity index (χ4n) is 1.62. The monoisotopic (exact) mass is 248 g/mol. The first-order chi connectivity index (χ1) is 8.08. The van der Waals surface area contributed by atoms with Crippen LogP contribution < -0.4 is 5.56 Å². The first kappa shape index (κ1) is 12.0.